The fourth-order valence-electron chi connectivity index (χ4n) is 3.49. The van der Waals surface area contributed by atoms with Gasteiger partial charge in [-0.25, -0.2) is 8.42 Å². The summed E-state index contributed by atoms with van der Waals surface area (Å²) in [6, 6.07) is 13.3. The van der Waals surface area contributed by atoms with E-state index in [-0.39, 0.29) is 17.1 Å². The van der Waals surface area contributed by atoms with Gasteiger partial charge < -0.3 is 10.0 Å². The van der Waals surface area contributed by atoms with Gasteiger partial charge in [-0.3, -0.25) is 14.4 Å². The van der Waals surface area contributed by atoms with Crippen molar-refractivity contribution in [2.24, 2.45) is 0 Å². The van der Waals surface area contributed by atoms with Crippen LogP contribution >= 0.6 is 0 Å². The highest BCUT2D eigenvalue weighted by atomic mass is 32.2. The molecule has 3 rings (SSSR count). The van der Waals surface area contributed by atoms with Crippen molar-refractivity contribution in [3.05, 3.63) is 64.7 Å². The number of nitro benzene ring substituents is 1. The van der Waals surface area contributed by atoms with Gasteiger partial charge in [0, 0.05) is 18.7 Å². The minimum atomic E-state index is -4.00. The van der Waals surface area contributed by atoms with E-state index in [4.69, 9.17) is 0 Å². The monoisotopic (exact) mass is 419 g/mol. The van der Waals surface area contributed by atoms with E-state index in [2.05, 4.69) is 4.90 Å². The molecule has 2 aromatic rings. The zero-order chi connectivity index (χ0) is 20.9. The largest absolute Gasteiger partial charge is 0.390 e. The molecule has 0 amide bonds. The van der Waals surface area contributed by atoms with E-state index in [1.807, 2.05) is 0 Å². The van der Waals surface area contributed by atoms with E-state index in [1.54, 1.807) is 30.3 Å². The fourth-order valence-corrected chi connectivity index (χ4v) is 4.99. The normalized spacial score (nSPS) is 16.3. The second-order valence-electron chi connectivity index (χ2n) is 7.14. The van der Waals surface area contributed by atoms with Crippen molar-refractivity contribution in [2.75, 3.05) is 30.5 Å². The molecule has 0 saturated carbocycles. The maximum atomic E-state index is 13.3. The van der Waals surface area contributed by atoms with Crippen molar-refractivity contribution in [2.45, 2.75) is 30.3 Å². The molecule has 0 spiro atoms. The number of rotatable bonds is 8. The molecule has 1 heterocycles. The Morgan fingerprint density at radius 1 is 1.03 bits per heavy atom. The Morgan fingerprint density at radius 3 is 2.24 bits per heavy atom. The highest BCUT2D eigenvalue weighted by Crippen LogP contribution is 2.25. The molecule has 1 saturated heterocycles. The van der Waals surface area contributed by atoms with Crippen LogP contribution in [0, 0.1) is 10.1 Å². The second-order valence-corrected chi connectivity index (χ2v) is 9.00. The van der Waals surface area contributed by atoms with E-state index >= 15 is 0 Å². The predicted molar refractivity (Wildman–Crippen MR) is 110 cm³/mol. The highest BCUT2D eigenvalue weighted by molar-refractivity contribution is 7.92. The van der Waals surface area contributed by atoms with E-state index < -0.39 is 21.1 Å². The summed E-state index contributed by atoms with van der Waals surface area (Å²) in [7, 11) is -4.00. The van der Waals surface area contributed by atoms with Gasteiger partial charge >= 0.3 is 0 Å². The van der Waals surface area contributed by atoms with Gasteiger partial charge in [0.15, 0.2) is 0 Å². The number of nitro groups is 1. The molecular weight excluding hydrogens is 394 g/mol. The number of anilines is 1. The molecule has 1 N–H and O–H groups in total. The average molecular weight is 420 g/mol. The maximum absolute atomic E-state index is 13.3. The number of likely N-dealkylation sites (tertiary alicyclic amines) is 1. The van der Waals surface area contributed by atoms with Crippen molar-refractivity contribution < 1.29 is 18.4 Å². The predicted octanol–water partition coefficient (Wildman–Crippen LogP) is 2.64. The summed E-state index contributed by atoms with van der Waals surface area (Å²) in [6.07, 6.45) is 2.48. The van der Waals surface area contributed by atoms with Crippen LogP contribution in [0.1, 0.15) is 19.3 Å². The Kier molecular flexibility index (Phi) is 6.83. The average Bonchev–Trinajstić information content (AvgIpc) is 2.73. The summed E-state index contributed by atoms with van der Waals surface area (Å²) < 4.78 is 27.7. The third-order valence-electron chi connectivity index (χ3n) is 4.97. The lowest BCUT2D eigenvalue weighted by molar-refractivity contribution is -0.384. The zero-order valence-corrected chi connectivity index (χ0v) is 16.9. The SMILES string of the molecule is O=[N+]([O-])c1ccc(S(=O)(=O)N(C[C@@H](O)CN2CCCCC2)c2ccccc2)cc1. The van der Waals surface area contributed by atoms with Gasteiger partial charge in [0.05, 0.1) is 28.2 Å². The number of piperidine rings is 1. The van der Waals surface area contributed by atoms with Crippen LogP contribution in [0.15, 0.2) is 59.5 Å². The van der Waals surface area contributed by atoms with Crippen LogP contribution in [-0.2, 0) is 10.0 Å². The lowest BCUT2D eigenvalue weighted by Crippen LogP contribution is -2.44. The standard InChI is InChI=1S/C20H25N3O5S/c24-19(15-21-13-5-2-6-14-21)16-22(17-7-3-1-4-8-17)29(27,28)20-11-9-18(10-12-20)23(25)26/h1,3-4,7-12,19,24H,2,5-6,13-16H2/t19-/m0/s1. The van der Waals surface area contributed by atoms with Crippen molar-refractivity contribution in [1.82, 2.24) is 4.90 Å². The van der Waals surface area contributed by atoms with Gasteiger partial charge in [0.2, 0.25) is 0 Å². The molecule has 1 aliphatic rings. The third-order valence-corrected chi connectivity index (χ3v) is 6.78. The molecule has 9 heteroatoms. The number of sulfonamides is 1. The van der Waals surface area contributed by atoms with E-state index in [0.29, 0.717) is 12.2 Å². The summed E-state index contributed by atoms with van der Waals surface area (Å²) >= 11 is 0. The molecular formula is C20H25N3O5S. The molecule has 0 unspecified atom stereocenters. The second kappa shape index (κ2) is 9.34. The van der Waals surface area contributed by atoms with Crippen LogP contribution in [0.5, 0.6) is 0 Å². The fraction of sp³-hybridized carbons (Fsp3) is 0.400. The minimum Gasteiger partial charge on any atom is -0.390 e. The first kappa shape index (κ1) is 21.2. The molecule has 0 radical (unpaired) electrons. The van der Waals surface area contributed by atoms with Crippen LogP contribution in [0.25, 0.3) is 0 Å². The first-order chi connectivity index (χ1) is 13.9. The first-order valence-electron chi connectivity index (χ1n) is 9.60. The molecule has 156 valence electrons. The molecule has 8 nitrogen and oxygen atoms in total. The zero-order valence-electron chi connectivity index (χ0n) is 16.1. The van der Waals surface area contributed by atoms with Crippen LogP contribution in [0.4, 0.5) is 11.4 Å². The van der Waals surface area contributed by atoms with Crippen LogP contribution in [-0.4, -0.2) is 55.6 Å². The summed E-state index contributed by atoms with van der Waals surface area (Å²) in [6.45, 7) is 2.11. The summed E-state index contributed by atoms with van der Waals surface area (Å²) in [5, 5.41) is 21.5. The van der Waals surface area contributed by atoms with Crippen LogP contribution < -0.4 is 4.31 Å². The Labute approximate surface area is 170 Å². The van der Waals surface area contributed by atoms with Crippen molar-refractivity contribution in [3.8, 4) is 0 Å². The maximum Gasteiger partial charge on any atom is 0.269 e. The molecule has 1 atom stereocenters. The molecule has 1 aliphatic heterocycles. The number of para-hydroxylation sites is 1. The summed E-state index contributed by atoms with van der Waals surface area (Å²) in [4.78, 5) is 12.4. The minimum absolute atomic E-state index is 0.0582. The number of benzene rings is 2. The van der Waals surface area contributed by atoms with Crippen molar-refractivity contribution in [3.63, 3.8) is 0 Å². The van der Waals surface area contributed by atoms with Gasteiger partial charge in [0.25, 0.3) is 15.7 Å². The number of nitrogens with zero attached hydrogens (tertiary/aromatic N) is 3. The van der Waals surface area contributed by atoms with E-state index in [0.717, 1.165) is 25.9 Å². The molecule has 0 aromatic heterocycles. The molecule has 2 aromatic carbocycles. The number of aliphatic hydroxyl groups excluding tert-OH is 1. The van der Waals surface area contributed by atoms with E-state index in [1.165, 1.54) is 35.0 Å². The third kappa shape index (κ3) is 5.31. The Balaban J connectivity index is 1.85. The first-order valence-corrected chi connectivity index (χ1v) is 11.0. The highest BCUT2D eigenvalue weighted by Gasteiger charge is 2.28. The Morgan fingerprint density at radius 2 is 1.66 bits per heavy atom. The summed E-state index contributed by atoms with van der Waals surface area (Å²) in [5.74, 6) is 0. The van der Waals surface area contributed by atoms with Gasteiger partial charge in [-0.1, -0.05) is 24.6 Å². The number of aliphatic hydroxyl groups is 1. The Hall–Kier alpha value is -2.49. The number of non-ortho nitro benzene ring substituents is 1. The Bertz CT molecular complexity index is 913. The molecule has 29 heavy (non-hydrogen) atoms. The van der Waals surface area contributed by atoms with Crippen LogP contribution in [0.3, 0.4) is 0 Å². The number of hydrogen-bond acceptors (Lipinski definition) is 6. The number of β-amino-alcohol motifs (C(OH)–C–C–N with tert-alkyl or cyclic N) is 1. The topological polar surface area (TPSA) is 104 Å². The van der Waals surface area contributed by atoms with E-state index in [9.17, 15) is 23.6 Å². The molecule has 1 fully saturated rings. The van der Waals surface area contributed by atoms with Gasteiger partial charge in [-0.05, 0) is 50.2 Å². The molecule has 0 bridgehead atoms. The lowest BCUT2D eigenvalue weighted by Gasteiger charge is -2.31. The van der Waals surface area contributed by atoms with Crippen LogP contribution in [0.2, 0.25) is 0 Å². The van der Waals surface area contributed by atoms with Crippen molar-refractivity contribution in [1.29, 1.82) is 0 Å². The van der Waals surface area contributed by atoms with Gasteiger partial charge in [-0.15, -0.1) is 0 Å². The lowest BCUT2D eigenvalue weighted by atomic mass is 10.1. The van der Waals surface area contributed by atoms with Crippen molar-refractivity contribution >= 4 is 21.4 Å². The smallest absolute Gasteiger partial charge is 0.269 e. The van der Waals surface area contributed by atoms with Gasteiger partial charge in [-0.2, -0.15) is 0 Å². The number of hydrogen-bond donors (Lipinski definition) is 1. The summed E-state index contributed by atoms with van der Waals surface area (Å²) in [5.41, 5.74) is 0.254. The quantitative estimate of drug-likeness (QED) is 0.521. The van der Waals surface area contributed by atoms with Gasteiger partial charge in [0.1, 0.15) is 0 Å². The molecule has 0 aliphatic carbocycles.